The first kappa shape index (κ1) is 16.6. The number of aromatic nitrogens is 1. The van der Waals surface area contributed by atoms with E-state index in [0.717, 1.165) is 6.07 Å². The molecule has 0 atom stereocenters. The predicted molar refractivity (Wildman–Crippen MR) is 70.6 cm³/mol. The highest BCUT2D eigenvalue weighted by atomic mass is 35.5. The van der Waals surface area contributed by atoms with Crippen molar-refractivity contribution in [2.75, 3.05) is 18.4 Å². The van der Waals surface area contributed by atoms with Crippen LogP contribution in [-0.4, -0.2) is 24.0 Å². The average Bonchev–Trinajstić information content (AvgIpc) is 2.33. The molecule has 0 aliphatic carbocycles. The zero-order valence-electron chi connectivity index (χ0n) is 11.0. The summed E-state index contributed by atoms with van der Waals surface area (Å²) in [4.78, 5) is 15.0. The second-order valence-corrected chi connectivity index (χ2v) is 5.01. The molecule has 0 aliphatic rings. The van der Waals surface area contributed by atoms with Gasteiger partial charge in [0.1, 0.15) is 5.82 Å². The molecule has 112 valence electrons. The Labute approximate surface area is 119 Å². The molecule has 0 unspecified atom stereocenters. The Morgan fingerprint density at radius 2 is 2.10 bits per heavy atom. The lowest BCUT2D eigenvalue weighted by molar-refractivity contribution is -0.137. The van der Waals surface area contributed by atoms with Gasteiger partial charge in [-0.05, 0) is 12.0 Å². The molecule has 2 N–H and O–H groups in total. The van der Waals surface area contributed by atoms with Crippen molar-refractivity contribution in [1.82, 2.24) is 10.3 Å². The molecule has 0 aromatic carbocycles. The van der Waals surface area contributed by atoms with Gasteiger partial charge in [0.25, 0.3) is 0 Å². The van der Waals surface area contributed by atoms with Crippen molar-refractivity contribution in [3.8, 4) is 0 Å². The highest BCUT2D eigenvalue weighted by Crippen LogP contribution is 2.32. The van der Waals surface area contributed by atoms with Gasteiger partial charge < -0.3 is 10.6 Å². The molecule has 20 heavy (non-hydrogen) atoms. The molecule has 4 nitrogen and oxygen atoms in total. The van der Waals surface area contributed by atoms with E-state index in [1.807, 2.05) is 13.8 Å². The van der Waals surface area contributed by atoms with Gasteiger partial charge >= 0.3 is 6.18 Å². The first-order valence-electron chi connectivity index (χ1n) is 5.93. The van der Waals surface area contributed by atoms with Crippen LogP contribution in [0, 0.1) is 5.92 Å². The van der Waals surface area contributed by atoms with Crippen molar-refractivity contribution < 1.29 is 18.0 Å². The van der Waals surface area contributed by atoms with Crippen molar-refractivity contribution in [2.45, 2.75) is 20.0 Å². The van der Waals surface area contributed by atoms with E-state index in [1.165, 1.54) is 0 Å². The lowest BCUT2D eigenvalue weighted by atomic mass is 10.2. The van der Waals surface area contributed by atoms with E-state index in [-0.39, 0.29) is 23.3 Å². The average molecular weight is 310 g/mol. The number of carbonyl (C=O) groups excluding carboxylic acids is 1. The molecule has 0 fully saturated rings. The quantitative estimate of drug-likeness (QED) is 0.879. The summed E-state index contributed by atoms with van der Waals surface area (Å²) in [6, 6.07) is 0.767. The normalized spacial score (nSPS) is 11.6. The number of hydrogen-bond acceptors (Lipinski definition) is 3. The van der Waals surface area contributed by atoms with Crippen molar-refractivity contribution in [3.05, 3.63) is 22.8 Å². The summed E-state index contributed by atoms with van der Waals surface area (Å²) in [6.07, 6.45) is -3.83. The lowest BCUT2D eigenvalue weighted by Gasteiger charge is -2.11. The molecule has 8 heteroatoms. The van der Waals surface area contributed by atoms with Gasteiger partial charge in [-0.1, -0.05) is 25.4 Å². The van der Waals surface area contributed by atoms with Gasteiger partial charge in [-0.2, -0.15) is 13.2 Å². The maximum absolute atomic E-state index is 12.4. The third-order valence-corrected chi connectivity index (χ3v) is 2.58. The minimum absolute atomic E-state index is 0.0411. The summed E-state index contributed by atoms with van der Waals surface area (Å²) in [6.45, 7) is 4.31. The van der Waals surface area contributed by atoms with Crippen LogP contribution in [0.2, 0.25) is 5.02 Å². The summed E-state index contributed by atoms with van der Waals surface area (Å²) in [5.74, 6) is 0.0718. The molecule has 0 aliphatic heterocycles. The highest BCUT2D eigenvalue weighted by Gasteiger charge is 2.31. The van der Waals surface area contributed by atoms with Gasteiger partial charge in [-0.15, -0.1) is 0 Å². The number of pyridine rings is 1. The van der Waals surface area contributed by atoms with Gasteiger partial charge in [0.15, 0.2) is 0 Å². The van der Waals surface area contributed by atoms with Crippen LogP contribution in [0.15, 0.2) is 12.3 Å². The number of amides is 1. The van der Waals surface area contributed by atoms with Crippen molar-refractivity contribution in [1.29, 1.82) is 0 Å². The van der Waals surface area contributed by atoms with Crippen LogP contribution in [0.5, 0.6) is 0 Å². The van der Waals surface area contributed by atoms with Gasteiger partial charge in [0.2, 0.25) is 5.91 Å². The minimum atomic E-state index is -4.50. The molecule has 1 rings (SSSR count). The van der Waals surface area contributed by atoms with E-state index in [9.17, 15) is 18.0 Å². The Kier molecular flexibility index (Phi) is 5.62. The third kappa shape index (κ3) is 5.24. The number of halogens is 4. The van der Waals surface area contributed by atoms with Crippen LogP contribution >= 0.6 is 11.6 Å². The summed E-state index contributed by atoms with van der Waals surface area (Å²) in [7, 11) is 0. The van der Waals surface area contributed by atoms with Gasteiger partial charge in [-0.25, -0.2) is 4.98 Å². The number of carbonyl (C=O) groups is 1. The van der Waals surface area contributed by atoms with Crippen LogP contribution in [-0.2, 0) is 11.0 Å². The molecule has 1 heterocycles. The fourth-order valence-electron chi connectivity index (χ4n) is 1.27. The lowest BCUT2D eigenvalue weighted by Crippen LogP contribution is -2.32. The summed E-state index contributed by atoms with van der Waals surface area (Å²) in [5.41, 5.74) is -0.933. The second-order valence-electron chi connectivity index (χ2n) is 4.60. The van der Waals surface area contributed by atoms with Crippen molar-refractivity contribution in [3.63, 3.8) is 0 Å². The Morgan fingerprint density at radius 1 is 1.45 bits per heavy atom. The summed E-state index contributed by atoms with van der Waals surface area (Å²) in [5, 5.41) is 5.06. The number of nitrogens with zero attached hydrogens (tertiary/aromatic N) is 1. The molecule has 0 saturated carbocycles. The smallest absolute Gasteiger partial charge is 0.360 e. The number of alkyl halides is 3. The Balaban J connectivity index is 2.59. The standard InChI is InChI=1S/C12H15ClF3N3O/c1-7(2)4-17-10(20)6-19-11-9(13)3-8(5-18-11)12(14,15)16/h3,5,7H,4,6H2,1-2H3,(H,17,20)(H,18,19). The molecule has 0 radical (unpaired) electrons. The Morgan fingerprint density at radius 3 is 2.60 bits per heavy atom. The van der Waals surface area contributed by atoms with E-state index in [1.54, 1.807) is 0 Å². The molecule has 1 amide bonds. The van der Waals surface area contributed by atoms with E-state index >= 15 is 0 Å². The predicted octanol–water partition coefficient (Wildman–Crippen LogP) is 2.94. The van der Waals surface area contributed by atoms with Crippen LogP contribution in [0.3, 0.4) is 0 Å². The molecular formula is C12H15ClF3N3O. The number of nitrogens with one attached hydrogen (secondary N) is 2. The molecule has 0 spiro atoms. The van der Waals surface area contributed by atoms with E-state index < -0.39 is 11.7 Å². The Hall–Kier alpha value is -1.50. The van der Waals surface area contributed by atoms with Crippen molar-refractivity contribution >= 4 is 23.3 Å². The first-order chi connectivity index (χ1) is 9.20. The fourth-order valence-corrected chi connectivity index (χ4v) is 1.50. The SMILES string of the molecule is CC(C)CNC(=O)CNc1ncc(C(F)(F)F)cc1Cl. The van der Waals surface area contributed by atoms with Gasteiger partial charge in [0, 0.05) is 12.7 Å². The first-order valence-corrected chi connectivity index (χ1v) is 6.31. The largest absolute Gasteiger partial charge is 0.417 e. The third-order valence-electron chi connectivity index (χ3n) is 2.29. The monoisotopic (exact) mass is 309 g/mol. The zero-order chi connectivity index (χ0) is 15.3. The topological polar surface area (TPSA) is 54.0 Å². The zero-order valence-corrected chi connectivity index (χ0v) is 11.8. The summed E-state index contributed by atoms with van der Waals surface area (Å²) >= 11 is 5.69. The van der Waals surface area contributed by atoms with E-state index in [4.69, 9.17) is 11.6 Å². The maximum atomic E-state index is 12.4. The van der Waals surface area contributed by atoms with Gasteiger partial charge in [-0.3, -0.25) is 4.79 Å². The molecule has 0 bridgehead atoms. The van der Waals surface area contributed by atoms with Crippen LogP contribution in [0.1, 0.15) is 19.4 Å². The maximum Gasteiger partial charge on any atom is 0.417 e. The van der Waals surface area contributed by atoms with Crippen LogP contribution in [0.25, 0.3) is 0 Å². The number of hydrogen-bond donors (Lipinski definition) is 2. The molecule has 1 aromatic heterocycles. The second kappa shape index (κ2) is 6.78. The van der Waals surface area contributed by atoms with E-state index in [0.29, 0.717) is 18.7 Å². The minimum Gasteiger partial charge on any atom is -0.360 e. The molecule has 1 aromatic rings. The molecular weight excluding hydrogens is 295 g/mol. The van der Waals surface area contributed by atoms with Crippen LogP contribution in [0.4, 0.5) is 19.0 Å². The summed E-state index contributed by atoms with van der Waals surface area (Å²) < 4.78 is 37.2. The number of anilines is 1. The van der Waals surface area contributed by atoms with Gasteiger partial charge in [0.05, 0.1) is 17.1 Å². The fraction of sp³-hybridized carbons (Fsp3) is 0.500. The highest BCUT2D eigenvalue weighted by molar-refractivity contribution is 6.33. The Bertz CT molecular complexity index is 478. The van der Waals surface area contributed by atoms with Crippen molar-refractivity contribution in [2.24, 2.45) is 5.92 Å². The number of rotatable bonds is 5. The molecule has 0 saturated heterocycles. The van der Waals surface area contributed by atoms with Crippen LogP contribution < -0.4 is 10.6 Å². The van der Waals surface area contributed by atoms with E-state index in [2.05, 4.69) is 15.6 Å².